The highest BCUT2D eigenvalue weighted by molar-refractivity contribution is 5.91. The molecule has 1 rings (SSSR count). The van der Waals surface area contributed by atoms with Gasteiger partial charge in [-0.15, -0.1) is 0 Å². The van der Waals surface area contributed by atoms with Gasteiger partial charge in [0, 0.05) is 18.2 Å². The van der Waals surface area contributed by atoms with Crippen LogP contribution in [0, 0.1) is 0 Å². The maximum Gasteiger partial charge on any atom is 0.338 e. The van der Waals surface area contributed by atoms with Crippen LogP contribution in [0.4, 0.5) is 0 Å². The van der Waals surface area contributed by atoms with Crippen LogP contribution in [0.2, 0.25) is 0 Å². The molecule has 0 aromatic carbocycles. The standard InChI is InChI=1S/C7H7N5O2/c1-12-3-2-5(10-12)4-6(7(13)14)9-11-8/h2-4H,1H3,(H,13,14)/b6-4+. The van der Waals surface area contributed by atoms with Crippen LogP contribution in [0.5, 0.6) is 0 Å². The molecule has 0 radical (unpaired) electrons. The van der Waals surface area contributed by atoms with Gasteiger partial charge < -0.3 is 5.11 Å². The van der Waals surface area contributed by atoms with Crippen molar-refractivity contribution in [3.05, 3.63) is 34.1 Å². The Labute approximate surface area is 78.9 Å². The molecule has 1 N–H and O–H groups in total. The van der Waals surface area contributed by atoms with Crippen molar-refractivity contribution in [3.63, 3.8) is 0 Å². The molecule has 0 fully saturated rings. The molecule has 0 aliphatic carbocycles. The van der Waals surface area contributed by atoms with Gasteiger partial charge >= 0.3 is 5.97 Å². The topological polar surface area (TPSA) is 104 Å². The summed E-state index contributed by atoms with van der Waals surface area (Å²) in [7, 11) is 1.70. The van der Waals surface area contributed by atoms with Crippen molar-refractivity contribution in [3.8, 4) is 0 Å². The van der Waals surface area contributed by atoms with E-state index in [2.05, 4.69) is 15.1 Å². The Hall–Kier alpha value is -2.27. The van der Waals surface area contributed by atoms with E-state index >= 15 is 0 Å². The number of hydrogen-bond donors (Lipinski definition) is 1. The minimum atomic E-state index is -1.28. The average molecular weight is 193 g/mol. The molecule has 7 nitrogen and oxygen atoms in total. The lowest BCUT2D eigenvalue weighted by atomic mass is 10.3. The molecule has 0 saturated carbocycles. The van der Waals surface area contributed by atoms with E-state index in [1.807, 2.05) is 0 Å². The Morgan fingerprint density at radius 3 is 3.00 bits per heavy atom. The van der Waals surface area contributed by atoms with Crippen LogP contribution in [0.3, 0.4) is 0 Å². The molecule has 0 amide bonds. The average Bonchev–Trinajstić information content (AvgIpc) is 2.50. The molecule has 0 saturated heterocycles. The van der Waals surface area contributed by atoms with Crippen LogP contribution in [-0.2, 0) is 11.8 Å². The number of carbonyl (C=O) groups is 1. The van der Waals surface area contributed by atoms with Crippen molar-refractivity contribution < 1.29 is 9.90 Å². The second-order valence-electron chi connectivity index (χ2n) is 2.44. The van der Waals surface area contributed by atoms with Crippen LogP contribution >= 0.6 is 0 Å². The van der Waals surface area contributed by atoms with Gasteiger partial charge in [-0.2, -0.15) is 5.10 Å². The zero-order chi connectivity index (χ0) is 10.6. The molecule has 0 unspecified atom stereocenters. The summed E-state index contributed by atoms with van der Waals surface area (Å²) in [4.78, 5) is 12.9. The first-order valence-corrected chi connectivity index (χ1v) is 3.63. The normalized spacial score (nSPS) is 10.8. The number of carboxylic acids is 1. The van der Waals surface area contributed by atoms with E-state index in [0.717, 1.165) is 0 Å². The summed E-state index contributed by atoms with van der Waals surface area (Å²) in [5.41, 5.74) is 8.14. The van der Waals surface area contributed by atoms with E-state index in [1.54, 1.807) is 19.3 Å². The van der Waals surface area contributed by atoms with Crippen molar-refractivity contribution in [2.24, 2.45) is 12.2 Å². The lowest BCUT2D eigenvalue weighted by molar-refractivity contribution is -0.132. The summed E-state index contributed by atoms with van der Waals surface area (Å²) in [6.07, 6.45) is 2.85. The smallest absolute Gasteiger partial charge is 0.338 e. The maximum absolute atomic E-state index is 10.5. The van der Waals surface area contributed by atoms with E-state index in [1.165, 1.54) is 10.8 Å². The summed E-state index contributed by atoms with van der Waals surface area (Å²) >= 11 is 0. The lowest BCUT2D eigenvalue weighted by Gasteiger charge is -1.90. The zero-order valence-corrected chi connectivity index (χ0v) is 7.32. The van der Waals surface area contributed by atoms with Crippen LogP contribution in [0.1, 0.15) is 5.69 Å². The number of hydrogen-bond acceptors (Lipinski definition) is 3. The molecule has 0 atom stereocenters. The lowest BCUT2D eigenvalue weighted by Crippen LogP contribution is -1.97. The van der Waals surface area contributed by atoms with E-state index in [4.69, 9.17) is 10.6 Å². The Morgan fingerprint density at radius 1 is 1.86 bits per heavy atom. The number of carboxylic acid groups (broad SMARTS) is 1. The van der Waals surface area contributed by atoms with Gasteiger partial charge in [0.1, 0.15) is 5.70 Å². The third-order valence-corrected chi connectivity index (χ3v) is 1.39. The number of azide groups is 1. The zero-order valence-electron chi connectivity index (χ0n) is 7.32. The van der Waals surface area contributed by atoms with E-state index in [0.29, 0.717) is 5.69 Å². The summed E-state index contributed by atoms with van der Waals surface area (Å²) in [6.45, 7) is 0. The second kappa shape index (κ2) is 4.11. The van der Waals surface area contributed by atoms with Gasteiger partial charge in [0.2, 0.25) is 0 Å². The number of nitrogens with zero attached hydrogens (tertiary/aromatic N) is 5. The fraction of sp³-hybridized carbons (Fsp3) is 0.143. The van der Waals surface area contributed by atoms with Crippen molar-refractivity contribution in [1.82, 2.24) is 9.78 Å². The van der Waals surface area contributed by atoms with Crippen LogP contribution < -0.4 is 0 Å². The maximum atomic E-state index is 10.5. The van der Waals surface area contributed by atoms with Crippen LogP contribution in [0.15, 0.2) is 23.1 Å². The molecule has 1 aromatic rings. The Balaban J connectivity index is 3.04. The van der Waals surface area contributed by atoms with Gasteiger partial charge in [0.15, 0.2) is 0 Å². The number of rotatable bonds is 3. The fourth-order valence-corrected chi connectivity index (χ4v) is 0.832. The first kappa shape index (κ1) is 9.82. The highest BCUT2D eigenvalue weighted by Gasteiger charge is 2.05. The highest BCUT2D eigenvalue weighted by Crippen LogP contribution is 2.05. The minimum absolute atomic E-state index is 0.383. The fourth-order valence-electron chi connectivity index (χ4n) is 0.832. The van der Waals surface area contributed by atoms with Crippen molar-refractivity contribution in [2.45, 2.75) is 0 Å². The van der Waals surface area contributed by atoms with Gasteiger partial charge in [0.25, 0.3) is 0 Å². The number of aromatic nitrogens is 2. The first-order valence-electron chi connectivity index (χ1n) is 3.63. The largest absolute Gasteiger partial charge is 0.478 e. The van der Waals surface area contributed by atoms with Gasteiger partial charge in [-0.1, -0.05) is 5.11 Å². The molecular weight excluding hydrogens is 186 g/mol. The summed E-state index contributed by atoms with van der Waals surface area (Å²) < 4.78 is 1.52. The molecule has 0 aliphatic heterocycles. The summed E-state index contributed by atoms with van der Waals surface area (Å²) in [5, 5.41) is 15.5. The molecule has 1 heterocycles. The van der Waals surface area contributed by atoms with E-state index in [9.17, 15) is 4.79 Å². The van der Waals surface area contributed by atoms with Crippen LogP contribution in [-0.4, -0.2) is 20.9 Å². The Morgan fingerprint density at radius 2 is 2.57 bits per heavy atom. The van der Waals surface area contributed by atoms with Gasteiger partial charge in [0.05, 0.1) is 5.69 Å². The molecule has 14 heavy (non-hydrogen) atoms. The summed E-state index contributed by atoms with van der Waals surface area (Å²) in [6, 6.07) is 1.61. The Bertz CT molecular complexity index is 423. The molecule has 7 heteroatoms. The number of aliphatic carboxylic acids is 1. The number of aryl methyl sites for hydroxylation is 1. The Kier molecular flexibility index (Phi) is 2.88. The van der Waals surface area contributed by atoms with Crippen LogP contribution in [0.25, 0.3) is 16.5 Å². The van der Waals surface area contributed by atoms with Gasteiger partial charge in [-0.3, -0.25) is 4.68 Å². The first-order chi connectivity index (χ1) is 6.63. The van der Waals surface area contributed by atoms with Gasteiger partial charge in [-0.25, -0.2) is 4.79 Å². The van der Waals surface area contributed by atoms with E-state index < -0.39 is 5.97 Å². The highest BCUT2D eigenvalue weighted by atomic mass is 16.4. The molecule has 0 aliphatic rings. The molecular formula is C7H7N5O2. The van der Waals surface area contributed by atoms with Crippen molar-refractivity contribution >= 4 is 12.0 Å². The quantitative estimate of drug-likeness (QED) is 0.337. The predicted octanol–water partition coefficient (Wildman–Crippen LogP) is 1.16. The second-order valence-corrected chi connectivity index (χ2v) is 2.44. The van der Waals surface area contributed by atoms with Crippen molar-refractivity contribution in [1.29, 1.82) is 0 Å². The molecule has 1 aromatic heterocycles. The molecule has 0 spiro atoms. The van der Waals surface area contributed by atoms with E-state index in [-0.39, 0.29) is 5.70 Å². The summed E-state index contributed by atoms with van der Waals surface area (Å²) in [5.74, 6) is -1.28. The predicted molar refractivity (Wildman–Crippen MR) is 48.0 cm³/mol. The third-order valence-electron chi connectivity index (χ3n) is 1.39. The van der Waals surface area contributed by atoms with Gasteiger partial charge in [-0.05, 0) is 17.7 Å². The minimum Gasteiger partial charge on any atom is -0.478 e. The molecule has 72 valence electrons. The molecule has 0 bridgehead atoms. The SMILES string of the molecule is Cn1ccc(/C=C(/N=[N+]=[N-])C(=O)O)n1. The van der Waals surface area contributed by atoms with Crippen molar-refractivity contribution in [2.75, 3.05) is 0 Å². The third kappa shape index (κ3) is 2.36. The monoisotopic (exact) mass is 193 g/mol.